The van der Waals surface area contributed by atoms with Gasteiger partial charge in [-0.3, -0.25) is 4.90 Å². The Morgan fingerprint density at radius 1 is 1.19 bits per heavy atom. The van der Waals surface area contributed by atoms with Crippen molar-refractivity contribution in [2.24, 2.45) is 5.92 Å². The molecular formula is C19H32N2. The van der Waals surface area contributed by atoms with Gasteiger partial charge in [0.2, 0.25) is 0 Å². The van der Waals surface area contributed by atoms with E-state index in [1.165, 1.54) is 24.0 Å². The van der Waals surface area contributed by atoms with Gasteiger partial charge in [-0.05, 0) is 56.8 Å². The zero-order valence-electron chi connectivity index (χ0n) is 14.6. The lowest BCUT2D eigenvalue weighted by Crippen LogP contribution is -2.48. The van der Waals surface area contributed by atoms with E-state index in [2.05, 4.69) is 76.3 Å². The van der Waals surface area contributed by atoms with Crippen LogP contribution in [-0.4, -0.2) is 31.1 Å². The maximum absolute atomic E-state index is 3.58. The molecule has 1 aliphatic rings. The Kier molecular flexibility index (Phi) is 5.45. The lowest BCUT2D eigenvalue weighted by atomic mass is 9.77. The average molecular weight is 288 g/mol. The smallest absolute Gasteiger partial charge is 0.0478 e. The van der Waals surface area contributed by atoms with Crippen LogP contribution in [0.5, 0.6) is 0 Å². The van der Waals surface area contributed by atoms with Crippen molar-refractivity contribution in [2.45, 2.75) is 64.6 Å². The fraction of sp³-hybridized carbons (Fsp3) is 0.684. The molecule has 0 aromatic heterocycles. The predicted octanol–water partition coefficient (Wildman–Crippen LogP) is 4.19. The first-order chi connectivity index (χ1) is 9.95. The molecule has 118 valence electrons. The van der Waals surface area contributed by atoms with Crippen LogP contribution < -0.4 is 5.32 Å². The van der Waals surface area contributed by atoms with E-state index in [0.29, 0.717) is 24.0 Å². The van der Waals surface area contributed by atoms with Gasteiger partial charge in [0.1, 0.15) is 0 Å². The molecule has 1 N–H and O–H groups in total. The van der Waals surface area contributed by atoms with Crippen LogP contribution in [0.3, 0.4) is 0 Å². The summed E-state index contributed by atoms with van der Waals surface area (Å²) in [7, 11) is 4.41. The Bertz CT molecular complexity index is 455. The molecule has 0 spiro atoms. The van der Waals surface area contributed by atoms with E-state index >= 15 is 0 Å². The molecule has 4 atom stereocenters. The summed E-state index contributed by atoms with van der Waals surface area (Å²) < 4.78 is 0. The Hall–Kier alpha value is -0.860. The summed E-state index contributed by atoms with van der Waals surface area (Å²) in [5, 5.41) is 3.58. The van der Waals surface area contributed by atoms with Crippen molar-refractivity contribution in [3.8, 4) is 0 Å². The molecule has 0 radical (unpaired) electrons. The average Bonchev–Trinajstić information content (AvgIpc) is 2.45. The molecule has 1 aliphatic carbocycles. The number of nitrogens with zero attached hydrogens (tertiary/aromatic N) is 1. The third-order valence-corrected chi connectivity index (χ3v) is 5.18. The van der Waals surface area contributed by atoms with Gasteiger partial charge in [-0.25, -0.2) is 0 Å². The van der Waals surface area contributed by atoms with Crippen molar-refractivity contribution in [1.29, 1.82) is 0 Å². The van der Waals surface area contributed by atoms with Crippen LogP contribution in [-0.2, 0) is 0 Å². The SMILES string of the molecule is CNC1c2ccccc2C(C)CC1N(C)C(C)CC(C)C. The van der Waals surface area contributed by atoms with E-state index in [4.69, 9.17) is 0 Å². The standard InChI is InChI=1S/C19H32N2/c1-13(2)11-15(4)21(6)18-12-14(3)16-9-7-8-10-17(16)19(18)20-5/h7-10,13-15,18-20H,11-12H2,1-6H3. The first-order valence-electron chi connectivity index (χ1n) is 8.43. The Morgan fingerprint density at radius 2 is 1.81 bits per heavy atom. The van der Waals surface area contributed by atoms with Gasteiger partial charge in [0.05, 0.1) is 0 Å². The third-order valence-electron chi connectivity index (χ3n) is 5.18. The van der Waals surface area contributed by atoms with E-state index in [-0.39, 0.29) is 0 Å². The largest absolute Gasteiger partial charge is 0.312 e. The van der Waals surface area contributed by atoms with Crippen LogP contribution in [0.15, 0.2) is 24.3 Å². The monoisotopic (exact) mass is 288 g/mol. The Balaban J connectivity index is 2.25. The van der Waals surface area contributed by atoms with Crippen molar-refractivity contribution in [3.63, 3.8) is 0 Å². The van der Waals surface area contributed by atoms with Gasteiger partial charge in [0.15, 0.2) is 0 Å². The van der Waals surface area contributed by atoms with Gasteiger partial charge in [0.25, 0.3) is 0 Å². The Labute approximate surface area is 130 Å². The highest BCUT2D eigenvalue weighted by Gasteiger charge is 2.35. The molecule has 2 nitrogen and oxygen atoms in total. The van der Waals surface area contributed by atoms with Crippen LogP contribution in [0.25, 0.3) is 0 Å². The van der Waals surface area contributed by atoms with Crippen molar-refractivity contribution in [2.75, 3.05) is 14.1 Å². The molecule has 0 fully saturated rings. The minimum Gasteiger partial charge on any atom is -0.312 e. The van der Waals surface area contributed by atoms with Crippen molar-refractivity contribution >= 4 is 0 Å². The van der Waals surface area contributed by atoms with E-state index < -0.39 is 0 Å². The highest BCUT2D eigenvalue weighted by Crippen LogP contribution is 2.39. The van der Waals surface area contributed by atoms with Crippen LogP contribution in [0.1, 0.15) is 63.6 Å². The lowest BCUT2D eigenvalue weighted by Gasteiger charge is -2.44. The summed E-state index contributed by atoms with van der Waals surface area (Å²) in [4.78, 5) is 2.60. The maximum Gasteiger partial charge on any atom is 0.0478 e. The number of hydrogen-bond donors (Lipinski definition) is 1. The number of fused-ring (bicyclic) bond motifs is 1. The summed E-state index contributed by atoms with van der Waals surface area (Å²) in [6.45, 7) is 9.38. The van der Waals surface area contributed by atoms with Gasteiger partial charge in [-0.1, -0.05) is 45.0 Å². The lowest BCUT2D eigenvalue weighted by molar-refractivity contribution is 0.115. The van der Waals surface area contributed by atoms with Crippen molar-refractivity contribution in [1.82, 2.24) is 10.2 Å². The fourth-order valence-corrected chi connectivity index (χ4v) is 4.00. The quantitative estimate of drug-likeness (QED) is 0.874. The molecule has 0 amide bonds. The molecule has 1 aromatic rings. The summed E-state index contributed by atoms with van der Waals surface area (Å²) in [5.74, 6) is 1.40. The minimum atomic E-state index is 0.442. The van der Waals surface area contributed by atoms with Crippen LogP contribution in [0, 0.1) is 5.92 Å². The topological polar surface area (TPSA) is 15.3 Å². The number of hydrogen-bond acceptors (Lipinski definition) is 2. The molecule has 1 aromatic carbocycles. The van der Waals surface area contributed by atoms with Gasteiger partial charge in [-0.2, -0.15) is 0 Å². The summed E-state index contributed by atoms with van der Waals surface area (Å²) >= 11 is 0. The zero-order valence-corrected chi connectivity index (χ0v) is 14.6. The highest BCUT2D eigenvalue weighted by atomic mass is 15.2. The summed E-state index contributed by atoms with van der Waals surface area (Å²) in [5.41, 5.74) is 3.02. The molecule has 0 heterocycles. The van der Waals surface area contributed by atoms with Gasteiger partial charge >= 0.3 is 0 Å². The van der Waals surface area contributed by atoms with Crippen LogP contribution in [0.4, 0.5) is 0 Å². The summed E-state index contributed by atoms with van der Waals surface area (Å²) in [6.07, 6.45) is 2.50. The number of benzene rings is 1. The fourth-order valence-electron chi connectivity index (χ4n) is 4.00. The molecule has 4 unspecified atom stereocenters. The molecule has 2 rings (SSSR count). The van der Waals surface area contributed by atoms with Gasteiger partial charge < -0.3 is 5.32 Å². The van der Waals surface area contributed by atoms with E-state index in [9.17, 15) is 0 Å². The third kappa shape index (κ3) is 3.49. The molecule has 2 heteroatoms. The second-order valence-electron chi connectivity index (χ2n) is 7.24. The van der Waals surface area contributed by atoms with E-state index in [1.807, 2.05) is 0 Å². The maximum atomic E-state index is 3.58. The van der Waals surface area contributed by atoms with Crippen LogP contribution in [0.2, 0.25) is 0 Å². The van der Waals surface area contributed by atoms with E-state index in [1.54, 1.807) is 0 Å². The summed E-state index contributed by atoms with van der Waals surface area (Å²) in [6, 6.07) is 10.6. The number of nitrogens with one attached hydrogen (secondary N) is 1. The highest BCUT2D eigenvalue weighted by molar-refractivity contribution is 5.36. The molecule has 0 saturated carbocycles. The zero-order chi connectivity index (χ0) is 15.6. The second-order valence-corrected chi connectivity index (χ2v) is 7.24. The first kappa shape index (κ1) is 16.5. The normalized spacial score (nSPS) is 27.0. The van der Waals surface area contributed by atoms with Crippen molar-refractivity contribution < 1.29 is 0 Å². The first-order valence-corrected chi connectivity index (χ1v) is 8.43. The number of likely N-dealkylation sites (N-methyl/N-ethyl adjacent to an activating group) is 2. The Morgan fingerprint density at radius 3 is 2.38 bits per heavy atom. The van der Waals surface area contributed by atoms with Crippen molar-refractivity contribution in [3.05, 3.63) is 35.4 Å². The van der Waals surface area contributed by atoms with Gasteiger partial charge in [0, 0.05) is 18.1 Å². The molecular weight excluding hydrogens is 256 g/mol. The molecule has 0 saturated heterocycles. The molecule has 0 bridgehead atoms. The second kappa shape index (κ2) is 6.93. The molecule has 21 heavy (non-hydrogen) atoms. The van der Waals surface area contributed by atoms with Crippen LogP contribution >= 0.6 is 0 Å². The van der Waals surface area contributed by atoms with E-state index in [0.717, 1.165) is 5.92 Å². The predicted molar refractivity (Wildman–Crippen MR) is 91.7 cm³/mol. The minimum absolute atomic E-state index is 0.442. The number of rotatable bonds is 5. The molecule has 0 aliphatic heterocycles. The van der Waals surface area contributed by atoms with Gasteiger partial charge in [-0.15, -0.1) is 0 Å².